The number of urea groups is 1. The molecule has 5 N–H and O–H groups in total. The molecule has 1 heterocycles. The van der Waals surface area contributed by atoms with Crippen molar-refractivity contribution >= 4 is 58.4 Å². The first-order chi connectivity index (χ1) is 15.5. The molecule has 0 atom stereocenters. The Hall–Kier alpha value is -2.68. The number of rotatable bonds is 9. The Balaban J connectivity index is 1.42. The van der Waals surface area contributed by atoms with E-state index in [1.807, 2.05) is 36.6 Å². The van der Waals surface area contributed by atoms with Crippen LogP contribution in [0.3, 0.4) is 0 Å². The van der Waals surface area contributed by atoms with Gasteiger partial charge in [-0.25, -0.2) is 9.78 Å². The van der Waals surface area contributed by atoms with Crippen molar-refractivity contribution in [2.24, 2.45) is 0 Å². The number of anilines is 3. The molecule has 0 radical (unpaired) electrons. The van der Waals surface area contributed by atoms with Crippen molar-refractivity contribution in [2.45, 2.75) is 17.7 Å². The molecule has 0 aliphatic carbocycles. The summed E-state index contributed by atoms with van der Waals surface area (Å²) in [6, 6.07) is 14.6. The van der Waals surface area contributed by atoms with Gasteiger partial charge in [0.1, 0.15) is 5.82 Å². The van der Waals surface area contributed by atoms with Crippen molar-refractivity contribution in [3.8, 4) is 11.3 Å². The van der Waals surface area contributed by atoms with Crippen LogP contribution in [0, 0.1) is 0 Å². The maximum atomic E-state index is 12.0. The molecular weight excluding hydrogens is 467 g/mol. The summed E-state index contributed by atoms with van der Waals surface area (Å²) in [5.41, 5.74) is 7.90. The van der Waals surface area contributed by atoms with E-state index in [1.165, 1.54) is 0 Å². The fraction of sp³-hybridized carbons (Fsp3) is 0.227. The summed E-state index contributed by atoms with van der Waals surface area (Å²) in [5.74, 6) is 0.743. The molecule has 32 heavy (non-hydrogen) atoms. The van der Waals surface area contributed by atoms with E-state index in [1.54, 1.807) is 30.0 Å². The van der Waals surface area contributed by atoms with Crippen LogP contribution in [0.15, 0.2) is 53.4 Å². The summed E-state index contributed by atoms with van der Waals surface area (Å²) in [4.78, 5) is 21.6. The van der Waals surface area contributed by atoms with Crippen LogP contribution in [0.4, 0.5) is 22.2 Å². The van der Waals surface area contributed by atoms with Gasteiger partial charge < -0.3 is 21.7 Å². The maximum absolute atomic E-state index is 12.0. The second-order valence-corrected chi connectivity index (χ2v) is 8.51. The van der Waals surface area contributed by atoms with Crippen LogP contribution in [0.25, 0.3) is 11.3 Å². The highest BCUT2D eigenvalue weighted by atomic mass is 35.5. The highest BCUT2D eigenvalue weighted by molar-refractivity contribution is 7.98. The molecule has 3 aromatic rings. The molecule has 168 valence electrons. The molecule has 10 heteroatoms. The summed E-state index contributed by atoms with van der Waals surface area (Å²) in [5, 5.41) is 9.77. The minimum absolute atomic E-state index is 0.143. The lowest BCUT2D eigenvalue weighted by Crippen LogP contribution is -2.29. The molecule has 0 bridgehead atoms. The number of hydrogen-bond acceptors (Lipinski definition) is 6. The Morgan fingerprint density at radius 1 is 1.06 bits per heavy atom. The predicted octanol–water partition coefficient (Wildman–Crippen LogP) is 5.77. The van der Waals surface area contributed by atoms with Gasteiger partial charge in [0.2, 0.25) is 5.95 Å². The molecule has 0 aliphatic rings. The van der Waals surface area contributed by atoms with Gasteiger partial charge in [0.25, 0.3) is 0 Å². The van der Waals surface area contributed by atoms with Crippen LogP contribution in [0.5, 0.6) is 0 Å². The molecule has 0 spiro atoms. The maximum Gasteiger partial charge on any atom is 0.319 e. The van der Waals surface area contributed by atoms with Gasteiger partial charge in [-0.05, 0) is 49.4 Å². The quantitative estimate of drug-likeness (QED) is 0.224. The van der Waals surface area contributed by atoms with Gasteiger partial charge in [-0.15, -0.1) is 11.8 Å². The van der Waals surface area contributed by atoms with E-state index < -0.39 is 0 Å². The van der Waals surface area contributed by atoms with Crippen molar-refractivity contribution in [3.63, 3.8) is 0 Å². The van der Waals surface area contributed by atoms with Crippen molar-refractivity contribution < 1.29 is 4.79 Å². The smallest absolute Gasteiger partial charge is 0.319 e. The number of carbonyl (C=O) groups excluding carboxylic acids is 1. The number of nitrogens with two attached hydrogens (primary N) is 1. The summed E-state index contributed by atoms with van der Waals surface area (Å²) < 4.78 is 0. The molecule has 0 saturated heterocycles. The Morgan fingerprint density at radius 2 is 1.81 bits per heavy atom. The zero-order chi connectivity index (χ0) is 22.9. The molecule has 0 saturated carbocycles. The third-order valence-electron chi connectivity index (χ3n) is 4.51. The van der Waals surface area contributed by atoms with E-state index in [9.17, 15) is 4.79 Å². The number of amides is 2. The van der Waals surface area contributed by atoms with Crippen LogP contribution >= 0.6 is 35.0 Å². The topological polar surface area (TPSA) is 105 Å². The molecule has 7 nitrogen and oxygen atoms in total. The molecule has 3 rings (SSSR count). The number of thioether (sulfide) groups is 1. The Bertz CT molecular complexity index is 1060. The summed E-state index contributed by atoms with van der Waals surface area (Å²) in [6.45, 7) is 1.23. The Morgan fingerprint density at radius 3 is 2.56 bits per heavy atom. The summed E-state index contributed by atoms with van der Waals surface area (Å²) >= 11 is 14.0. The van der Waals surface area contributed by atoms with Gasteiger partial charge in [-0.3, -0.25) is 0 Å². The van der Waals surface area contributed by atoms with Crippen LogP contribution in [-0.2, 0) is 0 Å². The number of hydrogen-bond donors (Lipinski definition) is 4. The molecule has 0 fully saturated rings. The molecular formula is C22H24Cl2N6OS. The van der Waals surface area contributed by atoms with E-state index in [0.29, 0.717) is 40.2 Å². The number of nitrogens with one attached hydrogen (secondary N) is 3. The van der Waals surface area contributed by atoms with E-state index in [0.717, 1.165) is 23.4 Å². The van der Waals surface area contributed by atoms with E-state index in [4.69, 9.17) is 28.9 Å². The number of aromatic nitrogens is 2. The fourth-order valence-electron chi connectivity index (χ4n) is 2.91. The van der Waals surface area contributed by atoms with Crippen LogP contribution in [0.2, 0.25) is 10.0 Å². The highest BCUT2D eigenvalue weighted by Crippen LogP contribution is 2.33. The van der Waals surface area contributed by atoms with E-state index >= 15 is 0 Å². The average Bonchev–Trinajstić information content (AvgIpc) is 2.78. The SMILES string of the molecule is CSc1ccc(NC(=O)NCCCCNc2cc(-c3cccc(Cl)c3Cl)nc(N)n2)cc1. The lowest BCUT2D eigenvalue weighted by atomic mass is 10.1. The van der Waals surface area contributed by atoms with Crippen molar-refractivity contribution in [3.05, 3.63) is 58.6 Å². The van der Waals surface area contributed by atoms with Gasteiger partial charge in [0, 0.05) is 35.3 Å². The van der Waals surface area contributed by atoms with E-state index in [-0.39, 0.29) is 12.0 Å². The number of halogens is 2. The van der Waals surface area contributed by atoms with Gasteiger partial charge in [0.05, 0.1) is 15.7 Å². The van der Waals surface area contributed by atoms with E-state index in [2.05, 4.69) is 25.9 Å². The summed E-state index contributed by atoms with van der Waals surface area (Å²) in [7, 11) is 0. The minimum atomic E-state index is -0.221. The second kappa shape index (κ2) is 11.8. The van der Waals surface area contributed by atoms with Gasteiger partial charge in [-0.2, -0.15) is 4.98 Å². The minimum Gasteiger partial charge on any atom is -0.370 e. The molecule has 0 aliphatic heterocycles. The third kappa shape index (κ3) is 6.91. The summed E-state index contributed by atoms with van der Waals surface area (Å²) in [6.07, 6.45) is 3.65. The zero-order valence-electron chi connectivity index (χ0n) is 17.5. The average molecular weight is 491 g/mol. The van der Waals surface area contributed by atoms with Crippen LogP contribution in [-0.4, -0.2) is 35.3 Å². The predicted molar refractivity (Wildman–Crippen MR) is 135 cm³/mol. The number of nitrogens with zero attached hydrogens (tertiary/aromatic N) is 2. The number of carbonyl (C=O) groups is 1. The lowest BCUT2D eigenvalue weighted by Gasteiger charge is -2.11. The largest absolute Gasteiger partial charge is 0.370 e. The number of unbranched alkanes of at least 4 members (excludes halogenated alkanes) is 1. The molecule has 2 aromatic carbocycles. The fourth-order valence-corrected chi connectivity index (χ4v) is 3.72. The van der Waals surface area contributed by atoms with Crippen molar-refractivity contribution in [2.75, 3.05) is 35.7 Å². The molecule has 1 aromatic heterocycles. The van der Waals surface area contributed by atoms with Crippen molar-refractivity contribution in [1.82, 2.24) is 15.3 Å². The van der Waals surface area contributed by atoms with Crippen molar-refractivity contribution in [1.29, 1.82) is 0 Å². The standard InChI is InChI=1S/C22H24Cl2N6OS/c1-32-15-9-7-14(8-10-15)28-22(31)27-12-3-2-11-26-19-13-18(29-21(25)30-19)16-5-4-6-17(23)20(16)24/h4-10,13H,2-3,11-12H2,1H3,(H2,27,28,31)(H3,25,26,29,30). The number of nitrogen functional groups attached to an aromatic ring is 1. The molecule has 2 amide bonds. The van der Waals surface area contributed by atoms with Gasteiger partial charge >= 0.3 is 6.03 Å². The third-order valence-corrected chi connectivity index (χ3v) is 6.08. The second-order valence-electron chi connectivity index (χ2n) is 6.84. The monoisotopic (exact) mass is 490 g/mol. The first kappa shape index (κ1) is 24.0. The first-order valence-electron chi connectivity index (χ1n) is 9.98. The normalized spacial score (nSPS) is 10.6. The molecule has 0 unspecified atom stereocenters. The first-order valence-corrected chi connectivity index (χ1v) is 12.0. The van der Waals surface area contributed by atoms with Crippen LogP contribution < -0.4 is 21.7 Å². The lowest BCUT2D eigenvalue weighted by molar-refractivity contribution is 0.252. The van der Waals surface area contributed by atoms with Crippen LogP contribution in [0.1, 0.15) is 12.8 Å². The zero-order valence-corrected chi connectivity index (χ0v) is 19.8. The number of benzene rings is 2. The van der Waals surface area contributed by atoms with Gasteiger partial charge in [-0.1, -0.05) is 35.3 Å². The highest BCUT2D eigenvalue weighted by Gasteiger charge is 2.11. The van der Waals surface area contributed by atoms with Gasteiger partial charge in [0.15, 0.2) is 0 Å². The Kier molecular flexibility index (Phi) is 8.84. The Labute approximate surface area is 201 Å².